The Labute approximate surface area is 132 Å². The number of anilines is 2. The van der Waals surface area contributed by atoms with Gasteiger partial charge in [-0.3, -0.25) is 4.98 Å². The fraction of sp³-hybridized carbons (Fsp3) is 0.438. The molecular formula is C16H18BrN3O. The Morgan fingerprint density at radius 2 is 2.14 bits per heavy atom. The molecule has 2 aliphatic rings. The van der Waals surface area contributed by atoms with Crippen molar-refractivity contribution >= 4 is 38.2 Å². The van der Waals surface area contributed by atoms with E-state index in [0.29, 0.717) is 17.8 Å². The lowest BCUT2D eigenvalue weighted by molar-refractivity contribution is 0.0899. The van der Waals surface area contributed by atoms with Gasteiger partial charge in [0, 0.05) is 16.5 Å². The molecule has 1 aliphatic heterocycles. The van der Waals surface area contributed by atoms with Crippen molar-refractivity contribution in [1.82, 2.24) is 4.98 Å². The number of benzene rings is 1. The maximum Gasteiger partial charge on any atom is 0.0804 e. The third-order valence-electron chi connectivity index (χ3n) is 4.41. The number of nitrogens with one attached hydrogen (secondary N) is 1. The summed E-state index contributed by atoms with van der Waals surface area (Å²) in [7, 11) is 0. The van der Waals surface area contributed by atoms with E-state index in [-0.39, 0.29) is 0 Å². The summed E-state index contributed by atoms with van der Waals surface area (Å²) < 4.78 is 6.94. The number of hydrogen-bond donors (Lipinski definition) is 2. The summed E-state index contributed by atoms with van der Waals surface area (Å²) in [5.41, 5.74) is 8.81. The van der Waals surface area contributed by atoms with E-state index in [1.165, 1.54) is 12.8 Å². The molecule has 21 heavy (non-hydrogen) atoms. The first kappa shape index (κ1) is 13.3. The first-order valence-electron chi connectivity index (χ1n) is 7.44. The molecule has 1 saturated carbocycles. The van der Waals surface area contributed by atoms with Gasteiger partial charge in [0.25, 0.3) is 0 Å². The number of aromatic nitrogens is 1. The van der Waals surface area contributed by atoms with E-state index in [9.17, 15) is 0 Å². The summed E-state index contributed by atoms with van der Waals surface area (Å²) in [4.78, 5) is 4.41. The van der Waals surface area contributed by atoms with Gasteiger partial charge in [-0.25, -0.2) is 0 Å². The second-order valence-electron chi connectivity index (χ2n) is 5.96. The highest BCUT2D eigenvalue weighted by Gasteiger charge is 2.40. The van der Waals surface area contributed by atoms with Gasteiger partial charge in [-0.1, -0.05) is 15.9 Å². The van der Waals surface area contributed by atoms with Crippen molar-refractivity contribution in [3.63, 3.8) is 0 Å². The maximum atomic E-state index is 6.17. The lowest BCUT2D eigenvalue weighted by Gasteiger charge is -2.22. The molecule has 0 spiro atoms. The predicted octanol–water partition coefficient (Wildman–Crippen LogP) is 3.56. The summed E-state index contributed by atoms with van der Waals surface area (Å²) in [6.07, 6.45) is 5.70. The summed E-state index contributed by atoms with van der Waals surface area (Å²) in [5.74, 6) is 0.728. The number of rotatable bonds is 3. The van der Waals surface area contributed by atoms with Gasteiger partial charge >= 0.3 is 0 Å². The monoisotopic (exact) mass is 347 g/mol. The number of hydrogen-bond acceptors (Lipinski definition) is 4. The van der Waals surface area contributed by atoms with Gasteiger partial charge in [-0.05, 0) is 43.4 Å². The number of pyridine rings is 1. The van der Waals surface area contributed by atoms with Gasteiger partial charge in [0.2, 0.25) is 0 Å². The van der Waals surface area contributed by atoms with Crippen LogP contribution in [0.5, 0.6) is 0 Å². The van der Waals surface area contributed by atoms with E-state index < -0.39 is 0 Å². The average molecular weight is 348 g/mol. The van der Waals surface area contributed by atoms with Crippen LogP contribution in [0.15, 0.2) is 28.9 Å². The van der Waals surface area contributed by atoms with Crippen LogP contribution in [0.2, 0.25) is 0 Å². The Balaban J connectivity index is 1.71. The molecule has 2 aromatic rings. The van der Waals surface area contributed by atoms with E-state index >= 15 is 0 Å². The first-order chi connectivity index (χ1) is 10.2. The Morgan fingerprint density at radius 1 is 1.29 bits per heavy atom. The molecule has 0 radical (unpaired) electrons. The van der Waals surface area contributed by atoms with Crippen molar-refractivity contribution in [1.29, 1.82) is 0 Å². The van der Waals surface area contributed by atoms with Crippen LogP contribution in [-0.4, -0.2) is 23.7 Å². The largest absolute Gasteiger partial charge is 0.396 e. The minimum absolute atomic E-state index is 0.333. The maximum absolute atomic E-state index is 6.17. The van der Waals surface area contributed by atoms with Crippen LogP contribution in [-0.2, 0) is 4.74 Å². The van der Waals surface area contributed by atoms with E-state index in [4.69, 9.17) is 10.5 Å². The fourth-order valence-electron chi connectivity index (χ4n) is 3.18. The number of nitrogen functional groups attached to an aromatic ring is 1. The zero-order chi connectivity index (χ0) is 14.4. The summed E-state index contributed by atoms with van der Waals surface area (Å²) in [6, 6.07) is 6.43. The van der Waals surface area contributed by atoms with E-state index in [0.717, 1.165) is 40.0 Å². The third-order valence-corrected chi connectivity index (χ3v) is 4.90. The van der Waals surface area contributed by atoms with Crippen LogP contribution in [0.3, 0.4) is 0 Å². The van der Waals surface area contributed by atoms with Crippen molar-refractivity contribution in [3.8, 4) is 0 Å². The van der Waals surface area contributed by atoms with Crippen molar-refractivity contribution in [2.75, 3.05) is 17.7 Å². The van der Waals surface area contributed by atoms with Crippen LogP contribution in [0.25, 0.3) is 10.9 Å². The zero-order valence-corrected chi connectivity index (χ0v) is 13.3. The molecule has 4 nitrogen and oxygen atoms in total. The lowest BCUT2D eigenvalue weighted by atomic mass is 10.0. The molecule has 0 amide bonds. The number of ether oxygens (including phenoxy) is 1. The molecule has 2 fully saturated rings. The molecule has 5 heteroatoms. The molecule has 2 heterocycles. The van der Waals surface area contributed by atoms with Crippen LogP contribution >= 0.6 is 15.9 Å². The quantitative estimate of drug-likeness (QED) is 0.891. The van der Waals surface area contributed by atoms with Gasteiger partial charge in [0.05, 0.1) is 35.2 Å². The van der Waals surface area contributed by atoms with Crippen molar-refractivity contribution < 1.29 is 4.74 Å². The molecule has 2 atom stereocenters. The number of fused-ring (bicyclic) bond motifs is 1. The SMILES string of the molecule is Nc1cnc2ccc(Br)cc2c1NC1CCOC1C1CC1. The normalized spacial score (nSPS) is 25.4. The van der Waals surface area contributed by atoms with Crippen LogP contribution < -0.4 is 11.1 Å². The Morgan fingerprint density at radius 3 is 2.95 bits per heavy atom. The molecule has 4 rings (SSSR count). The standard InChI is InChI=1S/C16H18BrN3O/c17-10-3-4-13-11(7-10)15(12(18)8-19-13)20-14-5-6-21-16(14)9-1-2-9/h3-4,7-9,14,16H,1-2,5-6,18H2,(H,19,20). The van der Waals surface area contributed by atoms with Gasteiger partial charge in [0.15, 0.2) is 0 Å². The Kier molecular flexibility index (Phi) is 3.27. The van der Waals surface area contributed by atoms with E-state index in [2.05, 4.69) is 32.3 Å². The molecule has 0 bridgehead atoms. The van der Waals surface area contributed by atoms with E-state index in [1.54, 1.807) is 6.20 Å². The zero-order valence-electron chi connectivity index (χ0n) is 11.7. The molecule has 1 aromatic heterocycles. The summed E-state index contributed by atoms with van der Waals surface area (Å²) in [5, 5.41) is 4.70. The summed E-state index contributed by atoms with van der Waals surface area (Å²) >= 11 is 3.53. The summed E-state index contributed by atoms with van der Waals surface area (Å²) in [6.45, 7) is 0.839. The highest BCUT2D eigenvalue weighted by molar-refractivity contribution is 9.10. The van der Waals surface area contributed by atoms with Gasteiger partial charge in [-0.15, -0.1) is 0 Å². The first-order valence-corrected chi connectivity index (χ1v) is 8.23. The van der Waals surface area contributed by atoms with Gasteiger partial charge in [0.1, 0.15) is 0 Å². The molecule has 3 N–H and O–H groups in total. The Hall–Kier alpha value is -1.33. The topological polar surface area (TPSA) is 60.2 Å². The Bertz CT molecular complexity index is 681. The second-order valence-corrected chi connectivity index (χ2v) is 6.88. The highest BCUT2D eigenvalue weighted by Crippen LogP contribution is 2.41. The molecule has 2 unspecified atom stereocenters. The van der Waals surface area contributed by atoms with Gasteiger partial charge in [-0.2, -0.15) is 0 Å². The molecular weight excluding hydrogens is 330 g/mol. The van der Waals surface area contributed by atoms with Crippen molar-refractivity contribution in [2.45, 2.75) is 31.4 Å². The average Bonchev–Trinajstić information content (AvgIpc) is 3.22. The molecule has 1 saturated heterocycles. The van der Waals surface area contributed by atoms with Crippen LogP contribution in [0.1, 0.15) is 19.3 Å². The van der Waals surface area contributed by atoms with Crippen molar-refractivity contribution in [2.24, 2.45) is 5.92 Å². The lowest BCUT2D eigenvalue weighted by Crippen LogP contribution is -2.31. The number of halogens is 1. The fourth-order valence-corrected chi connectivity index (χ4v) is 3.54. The van der Waals surface area contributed by atoms with Crippen LogP contribution in [0, 0.1) is 5.92 Å². The molecule has 1 aromatic carbocycles. The smallest absolute Gasteiger partial charge is 0.0804 e. The minimum atomic E-state index is 0.333. The number of nitrogens with two attached hydrogens (primary N) is 1. The predicted molar refractivity (Wildman–Crippen MR) is 88.3 cm³/mol. The van der Waals surface area contributed by atoms with Gasteiger partial charge < -0.3 is 15.8 Å². The highest BCUT2D eigenvalue weighted by atomic mass is 79.9. The minimum Gasteiger partial charge on any atom is -0.396 e. The van der Waals surface area contributed by atoms with E-state index in [1.807, 2.05) is 12.1 Å². The number of nitrogens with zero attached hydrogens (tertiary/aromatic N) is 1. The molecule has 1 aliphatic carbocycles. The molecule has 110 valence electrons. The van der Waals surface area contributed by atoms with Crippen molar-refractivity contribution in [3.05, 3.63) is 28.9 Å². The van der Waals surface area contributed by atoms with Crippen LogP contribution in [0.4, 0.5) is 11.4 Å². The second kappa shape index (κ2) is 5.14. The third kappa shape index (κ3) is 2.49.